The molecular formula is C68H76O8. The van der Waals surface area contributed by atoms with Crippen molar-refractivity contribution in [2.45, 2.75) is 73.8 Å². The summed E-state index contributed by atoms with van der Waals surface area (Å²) in [6.07, 6.45) is 10.2. The minimum atomic E-state index is -1.70. The van der Waals surface area contributed by atoms with E-state index in [-0.39, 0.29) is 0 Å². The van der Waals surface area contributed by atoms with Gasteiger partial charge in [0, 0.05) is 52.9 Å². The lowest BCUT2D eigenvalue weighted by Gasteiger charge is -2.45. The van der Waals surface area contributed by atoms with Gasteiger partial charge in [0.05, 0.1) is 0 Å². The third-order valence-electron chi connectivity index (χ3n) is 13.9. The topological polar surface area (TPSA) is 118 Å². The molecule has 0 atom stereocenters. The standard InChI is InChI=1S/2C26H22O2.4C4H8O/c2*27-25(21-13-5-1-6-14-21,22-15-7-2-8-16-22)26(28,23-17-9-3-10-18-23)24-19-11-4-12-20-24;4*1-2-4-5-3-1/h2*1-20,27-28H;4*1-4H2. The molecule has 76 heavy (non-hydrogen) atoms. The molecule has 0 aliphatic carbocycles. The predicted molar refractivity (Wildman–Crippen MR) is 304 cm³/mol. The van der Waals surface area contributed by atoms with Crippen molar-refractivity contribution in [1.82, 2.24) is 0 Å². The Morgan fingerprint density at radius 2 is 0.289 bits per heavy atom. The zero-order chi connectivity index (χ0) is 53.0. The second-order valence-electron chi connectivity index (χ2n) is 19.0. The van der Waals surface area contributed by atoms with Crippen LogP contribution in [0.3, 0.4) is 0 Å². The third kappa shape index (κ3) is 14.5. The fourth-order valence-corrected chi connectivity index (χ4v) is 9.81. The molecule has 0 spiro atoms. The molecule has 8 heteroatoms. The van der Waals surface area contributed by atoms with E-state index in [1.165, 1.54) is 51.4 Å². The first-order valence-electron chi connectivity index (χ1n) is 27.0. The van der Waals surface area contributed by atoms with Gasteiger partial charge < -0.3 is 39.4 Å². The van der Waals surface area contributed by atoms with Gasteiger partial charge in [-0.2, -0.15) is 0 Å². The van der Waals surface area contributed by atoms with Crippen LogP contribution in [0.4, 0.5) is 0 Å². The van der Waals surface area contributed by atoms with Gasteiger partial charge in [-0.15, -0.1) is 0 Å². The van der Waals surface area contributed by atoms with Crippen LogP contribution < -0.4 is 0 Å². The molecule has 0 unspecified atom stereocenters. The van der Waals surface area contributed by atoms with Crippen molar-refractivity contribution in [3.63, 3.8) is 0 Å². The Morgan fingerprint density at radius 1 is 0.184 bits per heavy atom. The molecule has 0 bridgehead atoms. The number of aliphatic hydroxyl groups is 4. The summed E-state index contributed by atoms with van der Waals surface area (Å²) in [5.41, 5.74) is -1.81. The van der Waals surface area contributed by atoms with Crippen LogP contribution in [0, 0.1) is 0 Å². The summed E-state index contributed by atoms with van der Waals surface area (Å²) in [6, 6.07) is 74.8. The normalized spacial score (nSPS) is 15.1. The van der Waals surface area contributed by atoms with Gasteiger partial charge in [0.2, 0.25) is 0 Å². The highest BCUT2D eigenvalue weighted by atomic mass is 16.5. The van der Waals surface area contributed by atoms with E-state index >= 15 is 0 Å². The van der Waals surface area contributed by atoms with Crippen molar-refractivity contribution in [1.29, 1.82) is 0 Å². The molecular weight excluding hydrogens is 945 g/mol. The zero-order valence-electron chi connectivity index (χ0n) is 43.8. The first kappa shape index (κ1) is 57.2. The summed E-state index contributed by atoms with van der Waals surface area (Å²) in [5.74, 6) is 0. The highest BCUT2D eigenvalue weighted by Crippen LogP contribution is 2.51. The molecule has 4 fully saturated rings. The molecule has 4 heterocycles. The first-order valence-corrected chi connectivity index (χ1v) is 27.0. The molecule has 4 aliphatic rings. The van der Waals surface area contributed by atoms with Crippen LogP contribution in [0.25, 0.3) is 0 Å². The largest absolute Gasteiger partial charge is 0.381 e. The fourth-order valence-electron chi connectivity index (χ4n) is 9.81. The first-order chi connectivity index (χ1) is 37.3. The molecule has 396 valence electrons. The van der Waals surface area contributed by atoms with Crippen LogP contribution in [-0.2, 0) is 41.4 Å². The van der Waals surface area contributed by atoms with E-state index in [2.05, 4.69) is 0 Å². The summed E-state index contributed by atoms with van der Waals surface area (Å²) in [4.78, 5) is 0. The summed E-state index contributed by atoms with van der Waals surface area (Å²) >= 11 is 0. The number of rotatable bonds is 10. The molecule has 4 aliphatic heterocycles. The number of hydrogen-bond donors (Lipinski definition) is 4. The number of benzene rings is 8. The van der Waals surface area contributed by atoms with Crippen molar-refractivity contribution < 1.29 is 39.4 Å². The monoisotopic (exact) mass is 1020 g/mol. The molecule has 4 saturated heterocycles. The van der Waals surface area contributed by atoms with Crippen LogP contribution in [0.15, 0.2) is 243 Å². The van der Waals surface area contributed by atoms with Crippen molar-refractivity contribution in [2.75, 3.05) is 52.9 Å². The molecule has 8 nitrogen and oxygen atoms in total. The average molecular weight is 1020 g/mol. The van der Waals surface area contributed by atoms with Gasteiger partial charge in [-0.3, -0.25) is 0 Å². The fraction of sp³-hybridized carbons (Fsp3) is 0.294. The highest BCUT2D eigenvalue weighted by Gasteiger charge is 2.55. The van der Waals surface area contributed by atoms with Gasteiger partial charge in [-0.25, -0.2) is 0 Å². The van der Waals surface area contributed by atoms with Gasteiger partial charge in [-0.05, 0) is 95.9 Å². The maximum absolute atomic E-state index is 12.3. The maximum Gasteiger partial charge on any atom is 0.152 e. The Balaban J connectivity index is 0.000000161. The highest BCUT2D eigenvalue weighted by molar-refractivity contribution is 5.52. The predicted octanol–water partition coefficient (Wildman–Crippen LogP) is 12.9. The van der Waals surface area contributed by atoms with Crippen LogP contribution in [0.2, 0.25) is 0 Å². The summed E-state index contributed by atoms with van der Waals surface area (Å²) in [5, 5.41) is 49.3. The molecule has 0 aromatic heterocycles. The number of hydrogen-bond acceptors (Lipinski definition) is 8. The molecule has 0 radical (unpaired) electrons. The number of ether oxygens (including phenoxy) is 4. The van der Waals surface area contributed by atoms with Crippen LogP contribution in [-0.4, -0.2) is 73.3 Å². The quantitative estimate of drug-likeness (QED) is 0.107. The van der Waals surface area contributed by atoms with E-state index in [9.17, 15) is 20.4 Å². The second-order valence-corrected chi connectivity index (χ2v) is 19.0. The van der Waals surface area contributed by atoms with Crippen LogP contribution in [0.5, 0.6) is 0 Å². The maximum atomic E-state index is 12.3. The molecule has 0 saturated carbocycles. The molecule has 0 amide bonds. The van der Waals surface area contributed by atoms with Gasteiger partial charge >= 0.3 is 0 Å². The summed E-state index contributed by atoms with van der Waals surface area (Å²) in [7, 11) is 0. The van der Waals surface area contributed by atoms with Crippen molar-refractivity contribution in [3.8, 4) is 0 Å². The Morgan fingerprint density at radius 3 is 0.368 bits per heavy atom. The minimum Gasteiger partial charge on any atom is -0.381 e. The van der Waals surface area contributed by atoms with Crippen molar-refractivity contribution in [2.24, 2.45) is 0 Å². The van der Waals surface area contributed by atoms with E-state index in [0.717, 1.165) is 52.9 Å². The van der Waals surface area contributed by atoms with E-state index in [0.29, 0.717) is 44.5 Å². The van der Waals surface area contributed by atoms with Gasteiger partial charge in [0.25, 0.3) is 0 Å². The Hall–Kier alpha value is -6.56. The molecule has 12 rings (SSSR count). The molecule has 4 N–H and O–H groups in total. The Kier molecular flexibility index (Phi) is 22.7. The van der Waals surface area contributed by atoms with Crippen LogP contribution in [0.1, 0.15) is 95.9 Å². The van der Waals surface area contributed by atoms with E-state index in [1.807, 2.05) is 243 Å². The van der Waals surface area contributed by atoms with Crippen molar-refractivity contribution >= 4 is 0 Å². The Labute approximate surface area is 451 Å². The molecule has 8 aromatic rings. The van der Waals surface area contributed by atoms with Gasteiger partial charge in [0.1, 0.15) is 0 Å². The lowest BCUT2D eigenvalue weighted by molar-refractivity contribution is -0.113. The van der Waals surface area contributed by atoms with Crippen molar-refractivity contribution in [3.05, 3.63) is 287 Å². The summed E-state index contributed by atoms with van der Waals surface area (Å²) in [6.45, 7) is 8.00. The average Bonchev–Trinajstić information content (AvgIpc) is 4.43. The smallest absolute Gasteiger partial charge is 0.152 e. The van der Waals surface area contributed by atoms with Crippen LogP contribution >= 0.6 is 0 Å². The van der Waals surface area contributed by atoms with Gasteiger partial charge in [0.15, 0.2) is 22.4 Å². The lowest BCUT2D eigenvalue weighted by atomic mass is 9.66. The zero-order valence-corrected chi connectivity index (χ0v) is 43.8. The minimum absolute atomic E-state index is 0.622. The SMILES string of the molecule is C1CCOC1.C1CCOC1.C1CCOC1.C1CCOC1.OC(c1ccccc1)(c1ccccc1)C(O)(c1ccccc1)c1ccccc1.OC(c1ccccc1)(c1ccccc1)C(O)(c1ccccc1)c1ccccc1. The van der Waals surface area contributed by atoms with E-state index in [4.69, 9.17) is 18.9 Å². The van der Waals surface area contributed by atoms with E-state index < -0.39 is 22.4 Å². The molecule has 8 aromatic carbocycles. The Bertz CT molecular complexity index is 2160. The third-order valence-corrected chi connectivity index (χ3v) is 13.9. The van der Waals surface area contributed by atoms with E-state index in [1.54, 1.807) is 0 Å². The second kappa shape index (κ2) is 30.3. The summed E-state index contributed by atoms with van der Waals surface area (Å²) < 4.78 is 19.8. The van der Waals surface area contributed by atoms with Gasteiger partial charge in [-0.1, -0.05) is 243 Å². The lowest BCUT2D eigenvalue weighted by Crippen LogP contribution is -2.51.